The Kier molecular flexibility index (Phi) is 6.03. The molecule has 17 heavy (non-hydrogen) atoms. The van der Waals surface area contributed by atoms with Gasteiger partial charge in [-0.2, -0.15) is 0 Å². The van der Waals surface area contributed by atoms with E-state index in [0.29, 0.717) is 0 Å². The quantitative estimate of drug-likeness (QED) is 0.709. The summed E-state index contributed by atoms with van der Waals surface area (Å²) in [4.78, 5) is 7.23. The molecule has 0 N–H and O–H groups in total. The number of anilines is 1. The van der Waals surface area contributed by atoms with Crippen molar-refractivity contribution in [2.24, 2.45) is 0 Å². The Labute approximate surface area is 106 Å². The largest absolute Gasteiger partial charge is 0.357 e. The van der Waals surface area contributed by atoms with E-state index < -0.39 is 0 Å². The molecule has 1 aromatic rings. The van der Waals surface area contributed by atoms with Gasteiger partial charge in [-0.3, -0.25) is 0 Å². The summed E-state index contributed by atoms with van der Waals surface area (Å²) in [5, 5.41) is 0. The smallest absolute Gasteiger partial charge is 0.128 e. The van der Waals surface area contributed by atoms with Crippen LogP contribution in [-0.2, 0) is 6.42 Å². The number of nitrogens with zero attached hydrogens (tertiary/aromatic N) is 2. The van der Waals surface area contributed by atoms with Crippen LogP contribution in [0.25, 0.3) is 0 Å². The van der Waals surface area contributed by atoms with Gasteiger partial charge in [0.05, 0.1) is 0 Å². The molecule has 1 heterocycles. The van der Waals surface area contributed by atoms with Gasteiger partial charge in [0.1, 0.15) is 5.82 Å². The SMILES string of the molecule is CCCc1nc(N(CCC)CCC)ccc1C. The molecule has 2 nitrogen and oxygen atoms in total. The van der Waals surface area contributed by atoms with Crippen LogP contribution in [0.4, 0.5) is 5.82 Å². The predicted molar refractivity (Wildman–Crippen MR) is 75.8 cm³/mol. The summed E-state index contributed by atoms with van der Waals surface area (Å²) in [6.07, 6.45) is 4.61. The third kappa shape index (κ3) is 4.03. The molecule has 2 heteroatoms. The van der Waals surface area contributed by atoms with Crippen LogP contribution < -0.4 is 4.90 Å². The average molecular weight is 234 g/mol. The molecular weight excluding hydrogens is 208 g/mol. The molecule has 0 aromatic carbocycles. The van der Waals surface area contributed by atoms with Gasteiger partial charge in [0.25, 0.3) is 0 Å². The molecule has 0 aliphatic carbocycles. The van der Waals surface area contributed by atoms with Crippen LogP contribution in [0.1, 0.15) is 51.3 Å². The van der Waals surface area contributed by atoms with Gasteiger partial charge in [-0.25, -0.2) is 4.98 Å². The topological polar surface area (TPSA) is 16.1 Å². The minimum absolute atomic E-state index is 1.09. The number of aryl methyl sites for hydroxylation is 2. The van der Waals surface area contributed by atoms with E-state index in [0.717, 1.165) is 25.3 Å². The van der Waals surface area contributed by atoms with Crippen LogP contribution in [0.5, 0.6) is 0 Å². The van der Waals surface area contributed by atoms with E-state index in [-0.39, 0.29) is 0 Å². The first kappa shape index (κ1) is 14.0. The van der Waals surface area contributed by atoms with Gasteiger partial charge in [-0.1, -0.05) is 33.3 Å². The molecule has 0 atom stereocenters. The Morgan fingerprint density at radius 1 is 1.00 bits per heavy atom. The van der Waals surface area contributed by atoms with E-state index in [1.54, 1.807) is 0 Å². The van der Waals surface area contributed by atoms with Gasteiger partial charge in [0.2, 0.25) is 0 Å². The normalized spacial score (nSPS) is 10.6. The standard InChI is InChI=1S/C15H26N2/c1-5-8-14-13(4)9-10-15(16-14)17(11-6-2)12-7-3/h9-10H,5-8,11-12H2,1-4H3. The molecule has 0 fully saturated rings. The Morgan fingerprint density at radius 3 is 2.18 bits per heavy atom. The first-order valence-electron chi connectivity index (χ1n) is 6.94. The molecule has 0 saturated heterocycles. The molecule has 0 amide bonds. The maximum Gasteiger partial charge on any atom is 0.128 e. The molecule has 96 valence electrons. The molecule has 1 rings (SSSR count). The van der Waals surface area contributed by atoms with Crippen molar-refractivity contribution in [2.75, 3.05) is 18.0 Å². The molecule has 0 aliphatic heterocycles. The molecule has 0 radical (unpaired) electrons. The molecule has 0 spiro atoms. The Bertz CT molecular complexity index is 328. The zero-order valence-electron chi connectivity index (χ0n) is 11.8. The summed E-state index contributed by atoms with van der Waals surface area (Å²) >= 11 is 0. The summed E-state index contributed by atoms with van der Waals surface area (Å²) in [6.45, 7) is 11.0. The highest BCUT2D eigenvalue weighted by Crippen LogP contribution is 2.16. The van der Waals surface area contributed by atoms with Gasteiger partial charge < -0.3 is 4.90 Å². The summed E-state index contributed by atoms with van der Waals surface area (Å²) in [5.74, 6) is 1.16. The van der Waals surface area contributed by atoms with E-state index >= 15 is 0 Å². The first-order chi connectivity index (χ1) is 8.22. The van der Waals surface area contributed by atoms with Crippen LogP contribution in [-0.4, -0.2) is 18.1 Å². The van der Waals surface area contributed by atoms with Gasteiger partial charge in [-0.05, 0) is 37.8 Å². The van der Waals surface area contributed by atoms with E-state index in [1.165, 1.54) is 30.5 Å². The lowest BCUT2D eigenvalue weighted by atomic mass is 10.1. The summed E-state index contributed by atoms with van der Waals surface area (Å²) in [7, 11) is 0. The van der Waals surface area contributed by atoms with Crippen molar-refractivity contribution in [2.45, 2.75) is 53.4 Å². The maximum atomic E-state index is 4.83. The fourth-order valence-electron chi connectivity index (χ4n) is 2.11. The van der Waals surface area contributed by atoms with Crippen LogP contribution in [0.2, 0.25) is 0 Å². The minimum atomic E-state index is 1.09. The van der Waals surface area contributed by atoms with E-state index in [9.17, 15) is 0 Å². The zero-order chi connectivity index (χ0) is 12.7. The van der Waals surface area contributed by atoms with Crippen molar-refractivity contribution in [1.29, 1.82) is 0 Å². The predicted octanol–water partition coefficient (Wildman–Crippen LogP) is 3.97. The second kappa shape index (κ2) is 7.31. The summed E-state index contributed by atoms with van der Waals surface area (Å²) in [6, 6.07) is 4.38. The number of hydrogen-bond donors (Lipinski definition) is 0. The monoisotopic (exact) mass is 234 g/mol. The van der Waals surface area contributed by atoms with Crippen LogP contribution >= 0.6 is 0 Å². The summed E-state index contributed by atoms with van der Waals surface area (Å²) in [5.41, 5.74) is 2.59. The molecule has 1 aromatic heterocycles. The Hall–Kier alpha value is -1.05. The van der Waals surface area contributed by atoms with Gasteiger partial charge in [-0.15, -0.1) is 0 Å². The average Bonchev–Trinajstić information content (AvgIpc) is 2.32. The fourth-order valence-corrected chi connectivity index (χ4v) is 2.11. The van der Waals surface area contributed by atoms with Crippen molar-refractivity contribution >= 4 is 5.82 Å². The number of pyridine rings is 1. The molecule has 0 aliphatic rings. The third-order valence-electron chi connectivity index (χ3n) is 2.98. The lowest BCUT2D eigenvalue weighted by Gasteiger charge is -2.23. The number of aromatic nitrogens is 1. The lowest BCUT2D eigenvalue weighted by Crippen LogP contribution is -2.26. The second-order valence-electron chi connectivity index (χ2n) is 4.67. The van der Waals surface area contributed by atoms with Crippen molar-refractivity contribution < 1.29 is 0 Å². The minimum Gasteiger partial charge on any atom is -0.357 e. The van der Waals surface area contributed by atoms with Crippen molar-refractivity contribution in [1.82, 2.24) is 4.98 Å². The lowest BCUT2D eigenvalue weighted by molar-refractivity contribution is 0.728. The highest BCUT2D eigenvalue weighted by Gasteiger charge is 2.08. The zero-order valence-corrected chi connectivity index (χ0v) is 11.8. The second-order valence-corrected chi connectivity index (χ2v) is 4.67. The highest BCUT2D eigenvalue weighted by atomic mass is 15.2. The van der Waals surface area contributed by atoms with Crippen molar-refractivity contribution in [3.05, 3.63) is 23.4 Å². The summed E-state index contributed by atoms with van der Waals surface area (Å²) < 4.78 is 0. The third-order valence-corrected chi connectivity index (χ3v) is 2.98. The van der Waals surface area contributed by atoms with Crippen LogP contribution in [0.15, 0.2) is 12.1 Å². The number of rotatable bonds is 7. The van der Waals surface area contributed by atoms with Crippen molar-refractivity contribution in [3.8, 4) is 0 Å². The van der Waals surface area contributed by atoms with Gasteiger partial charge in [0, 0.05) is 18.8 Å². The van der Waals surface area contributed by atoms with Crippen LogP contribution in [0.3, 0.4) is 0 Å². The molecule has 0 bridgehead atoms. The first-order valence-corrected chi connectivity index (χ1v) is 6.94. The van der Waals surface area contributed by atoms with E-state index in [1.807, 2.05) is 0 Å². The highest BCUT2D eigenvalue weighted by molar-refractivity contribution is 5.41. The maximum absolute atomic E-state index is 4.83. The van der Waals surface area contributed by atoms with Crippen LogP contribution in [0, 0.1) is 6.92 Å². The Morgan fingerprint density at radius 2 is 1.65 bits per heavy atom. The number of hydrogen-bond acceptors (Lipinski definition) is 2. The molecular formula is C15H26N2. The van der Waals surface area contributed by atoms with E-state index in [4.69, 9.17) is 4.98 Å². The van der Waals surface area contributed by atoms with Gasteiger partial charge >= 0.3 is 0 Å². The van der Waals surface area contributed by atoms with Gasteiger partial charge in [0.15, 0.2) is 0 Å². The van der Waals surface area contributed by atoms with E-state index in [2.05, 4.69) is 44.7 Å². The Balaban J connectivity index is 2.90. The van der Waals surface area contributed by atoms with Crippen molar-refractivity contribution in [3.63, 3.8) is 0 Å². The molecule has 0 saturated carbocycles. The fraction of sp³-hybridized carbons (Fsp3) is 0.667. The molecule has 0 unspecified atom stereocenters.